The molecule has 0 bridgehead atoms. The molecule has 0 spiro atoms. The minimum Gasteiger partial charge on any atom is -0.466 e. The largest absolute Gasteiger partial charge is 0.466 e. The lowest BCUT2D eigenvalue weighted by molar-refractivity contribution is -0.142. The van der Waals surface area contributed by atoms with E-state index >= 15 is 0 Å². The van der Waals surface area contributed by atoms with Crippen molar-refractivity contribution in [1.82, 2.24) is 15.2 Å². The van der Waals surface area contributed by atoms with Gasteiger partial charge in [0.05, 0.1) is 37.2 Å². The molecular formula is C21H26FN3O4S2. The number of halogens is 1. The molecule has 1 saturated heterocycles. The summed E-state index contributed by atoms with van der Waals surface area (Å²) in [5.74, 6) is -0.384. The molecule has 1 N–H and O–H groups in total. The molecule has 1 atom stereocenters. The summed E-state index contributed by atoms with van der Waals surface area (Å²) in [6.07, 6.45) is 0.0593. The maximum absolute atomic E-state index is 13.1. The van der Waals surface area contributed by atoms with Crippen LogP contribution in [0.25, 0.3) is 0 Å². The number of morpholine rings is 1. The van der Waals surface area contributed by atoms with Gasteiger partial charge in [0, 0.05) is 31.6 Å². The lowest BCUT2D eigenvalue weighted by Gasteiger charge is -2.33. The van der Waals surface area contributed by atoms with Crippen molar-refractivity contribution in [3.8, 4) is 0 Å². The van der Waals surface area contributed by atoms with Gasteiger partial charge >= 0.3 is 5.97 Å². The first-order valence-electron chi connectivity index (χ1n) is 10.1. The van der Waals surface area contributed by atoms with Crippen LogP contribution < -0.4 is 5.32 Å². The Kier molecular flexibility index (Phi) is 9.26. The quantitative estimate of drug-likeness (QED) is 0.425. The normalized spacial score (nSPS) is 16.8. The fourth-order valence-corrected chi connectivity index (χ4v) is 4.77. The molecule has 2 heterocycles. The van der Waals surface area contributed by atoms with E-state index in [4.69, 9.17) is 9.47 Å². The third-order valence-electron chi connectivity index (χ3n) is 4.56. The summed E-state index contributed by atoms with van der Waals surface area (Å²) in [6.45, 7) is 5.37. The summed E-state index contributed by atoms with van der Waals surface area (Å²) in [5, 5.41) is 4.72. The molecule has 1 aliphatic heterocycles. The molecule has 1 aromatic heterocycles. The number of carbonyl (C=O) groups is 2. The fraction of sp³-hybridized carbons (Fsp3) is 0.476. The summed E-state index contributed by atoms with van der Waals surface area (Å²) in [4.78, 5) is 30.3. The fourth-order valence-electron chi connectivity index (χ4n) is 3.10. The first-order valence-corrected chi connectivity index (χ1v) is 12.0. The van der Waals surface area contributed by atoms with Crippen LogP contribution in [0.1, 0.15) is 18.2 Å². The predicted octanol–water partition coefficient (Wildman–Crippen LogP) is 2.50. The highest BCUT2D eigenvalue weighted by Crippen LogP contribution is 2.22. The standard InChI is InChI=1S/C21H26FN3O4S2/c1-2-28-20(27)9-17-13-30-21(24-17)31-14-19(26)23-10-18-12-25(7-8-29-18)11-15-3-5-16(22)6-4-15/h3-6,13,18H,2,7-12,14H2,1H3,(H,23,26)/t18-/m0/s1. The number of benzene rings is 1. The van der Waals surface area contributed by atoms with Crippen LogP contribution in [-0.2, 0) is 32.0 Å². The molecule has 3 rings (SSSR count). The molecule has 168 valence electrons. The van der Waals surface area contributed by atoms with Gasteiger partial charge in [-0.25, -0.2) is 9.37 Å². The zero-order valence-corrected chi connectivity index (χ0v) is 19.0. The Labute approximate surface area is 189 Å². The van der Waals surface area contributed by atoms with Gasteiger partial charge in [-0.3, -0.25) is 14.5 Å². The van der Waals surface area contributed by atoms with E-state index in [9.17, 15) is 14.0 Å². The van der Waals surface area contributed by atoms with Crippen LogP contribution in [0, 0.1) is 5.82 Å². The van der Waals surface area contributed by atoms with E-state index < -0.39 is 0 Å². The van der Waals surface area contributed by atoms with Crippen LogP contribution in [0.15, 0.2) is 34.0 Å². The number of rotatable bonds is 10. The predicted molar refractivity (Wildman–Crippen MR) is 118 cm³/mol. The van der Waals surface area contributed by atoms with Crippen LogP contribution in [0.2, 0.25) is 0 Å². The summed E-state index contributed by atoms with van der Waals surface area (Å²) in [6, 6.07) is 6.51. The Bertz CT molecular complexity index is 863. The van der Waals surface area contributed by atoms with Crippen molar-refractivity contribution < 1.29 is 23.5 Å². The van der Waals surface area contributed by atoms with Crippen molar-refractivity contribution in [2.45, 2.75) is 30.3 Å². The number of amides is 1. The van der Waals surface area contributed by atoms with Crippen molar-refractivity contribution in [3.05, 3.63) is 46.7 Å². The zero-order chi connectivity index (χ0) is 22.1. The van der Waals surface area contributed by atoms with Crippen molar-refractivity contribution in [1.29, 1.82) is 0 Å². The lowest BCUT2D eigenvalue weighted by atomic mass is 10.2. The van der Waals surface area contributed by atoms with Gasteiger partial charge in [-0.2, -0.15) is 0 Å². The number of thioether (sulfide) groups is 1. The topological polar surface area (TPSA) is 80.8 Å². The number of ether oxygens (including phenoxy) is 2. The van der Waals surface area contributed by atoms with E-state index in [-0.39, 0.29) is 36.0 Å². The second kappa shape index (κ2) is 12.1. The Morgan fingerprint density at radius 3 is 2.97 bits per heavy atom. The summed E-state index contributed by atoms with van der Waals surface area (Å²) in [7, 11) is 0. The first-order chi connectivity index (χ1) is 15.0. The summed E-state index contributed by atoms with van der Waals surface area (Å²) in [5.41, 5.74) is 1.71. The highest BCUT2D eigenvalue weighted by atomic mass is 32.2. The maximum Gasteiger partial charge on any atom is 0.311 e. The number of hydrogen-bond acceptors (Lipinski definition) is 8. The van der Waals surface area contributed by atoms with Gasteiger partial charge in [-0.15, -0.1) is 11.3 Å². The third kappa shape index (κ3) is 8.21. The number of thiazole rings is 1. The summed E-state index contributed by atoms with van der Waals surface area (Å²) < 4.78 is 24.5. The zero-order valence-electron chi connectivity index (χ0n) is 17.3. The molecule has 0 aliphatic carbocycles. The van der Waals surface area contributed by atoms with E-state index in [1.54, 1.807) is 19.1 Å². The molecule has 2 aromatic rings. The molecule has 10 heteroatoms. The third-order valence-corrected chi connectivity index (χ3v) is 6.63. The van der Waals surface area contributed by atoms with Gasteiger partial charge in [0.15, 0.2) is 4.34 Å². The Morgan fingerprint density at radius 2 is 2.19 bits per heavy atom. The molecule has 0 saturated carbocycles. The van der Waals surface area contributed by atoms with Crippen molar-refractivity contribution >= 4 is 35.0 Å². The van der Waals surface area contributed by atoms with Crippen molar-refractivity contribution in [3.63, 3.8) is 0 Å². The highest BCUT2D eigenvalue weighted by molar-refractivity contribution is 8.01. The van der Waals surface area contributed by atoms with Crippen LogP contribution in [0.3, 0.4) is 0 Å². The Balaban J connectivity index is 1.36. The number of esters is 1. The molecule has 1 aromatic carbocycles. The number of hydrogen-bond donors (Lipinski definition) is 1. The summed E-state index contributed by atoms with van der Waals surface area (Å²) >= 11 is 2.75. The Hall–Kier alpha value is -2.01. The highest BCUT2D eigenvalue weighted by Gasteiger charge is 2.21. The molecule has 1 amide bonds. The first kappa shape index (κ1) is 23.6. The number of aromatic nitrogens is 1. The average Bonchev–Trinajstić information content (AvgIpc) is 3.20. The van der Waals surface area contributed by atoms with Crippen LogP contribution in [0.5, 0.6) is 0 Å². The van der Waals surface area contributed by atoms with Gasteiger partial charge in [0.1, 0.15) is 5.82 Å². The SMILES string of the molecule is CCOC(=O)Cc1csc(SCC(=O)NC[C@H]2CN(Cc3ccc(F)cc3)CCO2)n1. The van der Waals surface area contributed by atoms with E-state index in [1.807, 2.05) is 5.38 Å². The van der Waals surface area contributed by atoms with Crippen molar-refractivity contribution in [2.75, 3.05) is 38.6 Å². The van der Waals surface area contributed by atoms with Crippen molar-refractivity contribution in [2.24, 2.45) is 0 Å². The Morgan fingerprint density at radius 1 is 1.39 bits per heavy atom. The van der Waals surface area contributed by atoms with Crippen LogP contribution in [-0.4, -0.2) is 66.5 Å². The molecule has 1 aliphatic rings. The molecule has 0 unspecified atom stereocenters. The van der Waals surface area contributed by atoms with E-state index in [1.165, 1.54) is 35.2 Å². The molecule has 1 fully saturated rings. The van der Waals surface area contributed by atoms with E-state index in [0.717, 1.165) is 23.0 Å². The number of nitrogens with one attached hydrogen (secondary N) is 1. The minimum atomic E-state index is -0.303. The van der Waals surface area contributed by atoms with Gasteiger partial charge in [0.25, 0.3) is 0 Å². The number of nitrogens with zero attached hydrogens (tertiary/aromatic N) is 2. The second-order valence-corrected chi connectivity index (χ2v) is 9.11. The molecule has 0 radical (unpaired) electrons. The number of carbonyl (C=O) groups excluding carboxylic acids is 2. The van der Waals surface area contributed by atoms with Crippen LogP contribution >= 0.6 is 23.1 Å². The maximum atomic E-state index is 13.1. The molecular weight excluding hydrogens is 441 g/mol. The van der Waals surface area contributed by atoms with Gasteiger partial charge in [0.2, 0.25) is 5.91 Å². The van der Waals surface area contributed by atoms with Gasteiger partial charge in [-0.1, -0.05) is 23.9 Å². The molecule has 31 heavy (non-hydrogen) atoms. The average molecular weight is 468 g/mol. The van der Waals surface area contributed by atoms with Gasteiger partial charge in [-0.05, 0) is 24.6 Å². The molecule has 7 nitrogen and oxygen atoms in total. The van der Waals surface area contributed by atoms with E-state index in [0.29, 0.717) is 32.0 Å². The monoisotopic (exact) mass is 467 g/mol. The van der Waals surface area contributed by atoms with E-state index in [2.05, 4.69) is 15.2 Å². The lowest BCUT2D eigenvalue weighted by Crippen LogP contribution is -2.47. The van der Waals surface area contributed by atoms with Gasteiger partial charge < -0.3 is 14.8 Å². The van der Waals surface area contributed by atoms with Crippen LogP contribution in [0.4, 0.5) is 4.39 Å². The second-order valence-electron chi connectivity index (χ2n) is 7.03. The smallest absolute Gasteiger partial charge is 0.311 e. The minimum absolute atomic E-state index is 0.0841.